The third-order valence-corrected chi connectivity index (χ3v) is 3.24. The number of carbonyl (C=O) groups excluding carboxylic acids is 1. The van der Waals surface area contributed by atoms with Gasteiger partial charge >= 0.3 is 0 Å². The van der Waals surface area contributed by atoms with Crippen LogP contribution in [-0.4, -0.2) is 17.0 Å². The molecule has 4 nitrogen and oxygen atoms in total. The van der Waals surface area contributed by atoms with Gasteiger partial charge in [0.05, 0.1) is 0 Å². The Morgan fingerprint density at radius 2 is 2.00 bits per heavy atom. The fourth-order valence-corrected chi connectivity index (χ4v) is 2.14. The van der Waals surface area contributed by atoms with Crippen molar-refractivity contribution in [2.24, 2.45) is 0 Å². The molecule has 2 aromatic rings. The summed E-state index contributed by atoms with van der Waals surface area (Å²) in [4.78, 5) is 11.9. The van der Waals surface area contributed by atoms with E-state index in [2.05, 4.69) is 24.5 Å². The van der Waals surface area contributed by atoms with Crippen LogP contribution in [0.4, 0.5) is 10.1 Å². The summed E-state index contributed by atoms with van der Waals surface area (Å²) in [5.74, 6) is -0.458. The monoisotopic (exact) mass is 289 g/mol. The highest BCUT2D eigenvalue weighted by atomic mass is 19.1. The SMILES string of the molecule is CCNC(C)c1ccn(CC(=O)Nc2ccc(F)cc2)c1. The molecule has 1 atom stereocenters. The van der Waals surface area contributed by atoms with Crippen LogP contribution >= 0.6 is 0 Å². The third kappa shape index (κ3) is 4.43. The van der Waals surface area contributed by atoms with Gasteiger partial charge in [0, 0.05) is 24.1 Å². The van der Waals surface area contributed by atoms with Gasteiger partial charge in [-0.15, -0.1) is 0 Å². The molecular formula is C16H20FN3O. The number of nitrogens with zero attached hydrogens (tertiary/aromatic N) is 1. The predicted molar refractivity (Wildman–Crippen MR) is 81.6 cm³/mol. The van der Waals surface area contributed by atoms with Gasteiger partial charge in [-0.2, -0.15) is 0 Å². The van der Waals surface area contributed by atoms with Crippen LogP contribution in [0, 0.1) is 5.82 Å². The molecule has 1 heterocycles. The van der Waals surface area contributed by atoms with Gasteiger partial charge in [-0.05, 0) is 49.4 Å². The van der Waals surface area contributed by atoms with Crippen LogP contribution in [0.15, 0.2) is 42.7 Å². The van der Waals surface area contributed by atoms with E-state index in [1.165, 1.54) is 12.1 Å². The highest BCUT2D eigenvalue weighted by molar-refractivity contribution is 5.90. The van der Waals surface area contributed by atoms with Crippen molar-refractivity contribution in [2.45, 2.75) is 26.4 Å². The number of aromatic nitrogens is 1. The van der Waals surface area contributed by atoms with Crippen molar-refractivity contribution in [1.29, 1.82) is 0 Å². The summed E-state index contributed by atoms with van der Waals surface area (Å²) in [6, 6.07) is 7.99. The molecule has 2 rings (SSSR count). The first kappa shape index (κ1) is 15.3. The Morgan fingerprint density at radius 3 is 2.67 bits per heavy atom. The average molecular weight is 289 g/mol. The smallest absolute Gasteiger partial charge is 0.244 e. The molecule has 0 fully saturated rings. The number of hydrogen-bond acceptors (Lipinski definition) is 2. The summed E-state index contributed by atoms with van der Waals surface area (Å²) in [7, 11) is 0. The maximum atomic E-state index is 12.8. The predicted octanol–water partition coefficient (Wildman–Crippen LogP) is 2.94. The maximum absolute atomic E-state index is 12.8. The van der Waals surface area contributed by atoms with Crippen molar-refractivity contribution in [3.63, 3.8) is 0 Å². The molecule has 0 aliphatic heterocycles. The molecule has 2 N–H and O–H groups in total. The Labute approximate surface area is 124 Å². The van der Waals surface area contributed by atoms with Crippen molar-refractivity contribution in [3.8, 4) is 0 Å². The minimum Gasteiger partial charge on any atom is -0.345 e. The van der Waals surface area contributed by atoms with Crippen molar-refractivity contribution in [2.75, 3.05) is 11.9 Å². The molecular weight excluding hydrogens is 269 g/mol. The molecule has 1 amide bonds. The fourth-order valence-electron chi connectivity index (χ4n) is 2.14. The van der Waals surface area contributed by atoms with E-state index in [0.717, 1.165) is 12.1 Å². The quantitative estimate of drug-likeness (QED) is 0.859. The molecule has 5 heteroatoms. The van der Waals surface area contributed by atoms with E-state index in [4.69, 9.17) is 0 Å². The van der Waals surface area contributed by atoms with Gasteiger partial charge in [0.25, 0.3) is 0 Å². The normalized spacial score (nSPS) is 12.1. The molecule has 1 aromatic carbocycles. The lowest BCUT2D eigenvalue weighted by Gasteiger charge is -2.10. The molecule has 21 heavy (non-hydrogen) atoms. The number of nitrogens with one attached hydrogen (secondary N) is 2. The van der Waals surface area contributed by atoms with E-state index in [1.54, 1.807) is 12.1 Å². The molecule has 1 unspecified atom stereocenters. The summed E-state index contributed by atoms with van der Waals surface area (Å²) in [6.45, 7) is 5.28. The zero-order chi connectivity index (χ0) is 15.2. The fraction of sp³-hybridized carbons (Fsp3) is 0.312. The van der Waals surface area contributed by atoms with Gasteiger partial charge in [0.15, 0.2) is 0 Å². The summed E-state index contributed by atoms with van der Waals surface area (Å²) in [5, 5.41) is 6.06. The van der Waals surface area contributed by atoms with Crippen LogP contribution < -0.4 is 10.6 Å². The number of anilines is 1. The zero-order valence-electron chi connectivity index (χ0n) is 12.3. The van der Waals surface area contributed by atoms with Gasteiger partial charge in [0.1, 0.15) is 12.4 Å². The van der Waals surface area contributed by atoms with Crippen LogP contribution in [0.3, 0.4) is 0 Å². The molecule has 0 aliphatic rings. The van der Waals surface area contributed by atoms with E-state index in [9.17, 15) is 9.18 Å². The molecule has 0 aliphatic carbocycles. The van der Waals surface area contributed by atoms with E-state index in [1.807, 2.05) is 23.0 Å². The Morgan fingerprint density at radius 1 is 1.29 bits per heavy atom. The Bertz CT molecular complexity index is 592. The Balaban J connectivity index is 1.92. The van der Waals surface area contributed by atoms with Crippen molar-refractivity contribution >= 4 is 11.6 Å². The van der Waals surface area contributed by atoms with Crippen molar-refractivity contribution in [3.05, 3.63) is 54.1 Å². The van der Waals surface area contributed by atoms with E-state index in [0.29, 0.717) is 5.69 Å². The second kappa shape index (κ2) is 7.04. The van der Waals surface area contributed by atoms with Crippen LogP contribution in [-0.2, 0) is 11.3 Å². The van der Waals surface area contributed by atoms with Crippen LogP contribution in [0.25, 0.3) is 0 Å². The summed E-state index contributed by atoms with van der Waals surface area (Å²) < 4.78 is 14.6. The molecule has 0 saturated carbocycles. The highest BCUT2D eigenvalue weighted by Crippen LogP contribution is 2.13. The largest absolute Gasteiger partial charge is 0.345 e. The second-order valence-corrected chi connectivity index (χ2v) is 4.95. The number of hydrogen-bond donors (Lipinski definition) is 2. The lowest BCUT2D eigenvalue weighted by Crippen LogP contribution is -2.19. The lowest BCUT2D eigenvalue weighted by molar-refractivity contribution is -0.116. The minimum absolute atomic E-state index is 0.139. The van der Waals surface area contributed by atoms with Gasteiger partial charge in [-0.1, -0.05) is 6.92 Å². The number of amides is 1. The Hall–Kier alpha value is -2.14. The minimum atomic E-state index is -0.319. The van der Waals surface area contributed by atoms with Gasteiger partial charge in [-0.25, -0.2) is 4.39 Å². The first-order chi connectivity index (χ1) is 10.1. The first-order valence-corrected chi connectivity index (χ1v) is 7.03. The second-order valence-electron chi connectivity index (χ2n) is 4.95. The molecule has 0 saturated heterocycles. The molecule has 0 radical (unpaired) electrons. The summed E-state index contributed by atoms with van der Waals surface area (Å²) >= 11 is 0. The standard InChI is InChI=1S/C16H20FN3O/c1-3-18-12(2)13-8-9-20(10-13)11-16(21)19-15-6-4-14(17)5-7-15/h4-10,12,18H,3,11H2,1-2H3,(H,19,21). The van der Waals surface area contributed by atoms with Crippen LogP contribution in [0.1, 0.15) is 25.5 Å². The molecule has 112 valence electrons. The molecule has 1 aromatic heterocycles. The number of benzene rings is 1. The number of halogens is 1. The lowest BCUT2D eigenvalue weighted by atomic mass is 10.2. The van der Waals surface area contributed by atoms with E-state index >= 15 is 0 Å². The zero-order valence-corrected chi connectivity index (χ0v) is 12.3. The first-order valence-electron chi connectivity index (χ1n) is 7.03. The van der Waals surface area contributed by atoms with Crippen molar-refractivity contribution in [1.82, 2.24) is 9.88 Å². The van der Waals surface area contributed by atoms with E-state index in [-0.39, 0.29) is 24.3 Å². The summed E-state index contributed by atoms with van der Waals surface area (Å²) in [6.07, 6.45) is 3.84. The summed E-state index contributed by atoms with van der Waals surface area (Å²) in [5.41, 5.74) is 1.74. The molecule has 0 bridgehead atoms. The van der Waals surface area contributed by atoms with Crippen LogP contribution in [0.2, 0.25) is 0 Å². The average Bonchev–Trinajstić information content (AvgIpc) is 2.90. The Kier molecular flexibility index (Phi) is 5.11. The van der Waals surface area contributed by atoms with Crippen molar-refractivity contribution < 1.29 is 9.18 Å². The van der Waals surface area contributed by atoms with Crippen LogP contribution in [0.5, 0.6) is 0 Å². The maximum Gasteiger partial charge on any atom is 0.244 e. The van der Waals surface area contributed by atoms with Gasteiger partial charge < -0.3 is 15.2 Å². The number of carbonyl (C=O) groups is 1. The third-order valence-electron chi connectivity index (χ3n) is 3.24. The number of rotatable bonds is 6. The van der Waals surface area contributed by atoms with E-state index < -0.39 is 0 Å². The highest BCUT2D eigenvalue weighted by Gasteiger charge is 2.08. The molecule has 0 spiro atoms. The van der Waals surface area contributed by atoms with Gasteiger partial charge in [-0.3, -0.25) is 4.79 Å². The topological polar surface area (TPSA) is 46.1 Å². The van der Waals surface area contributed by atoms with Gasteiger partial charge in [0.2, 0.25) is 5.91 Å².